The molecule has 3 heteroatoms. The van der Waals surface area contributed by atoms with E-state index in [1.807, 2.05) is 0 Å². The second-order valence-corrected chi connectivity index (χ2v) is 6.09. The number of hydrogen-bond acceptors (Lipinski definition) is 3. The van der Waals surface area contributed by atoms with Crippen molar-refractivity contribution in [3.05, 3.63) is 29.3 Å². The van der Waals surface area contributed by atoms with E-state index in [0.717, 1.165) is 25.0 Å². The molecule has 0 radical (unpaired) electrons. The molecule has 0 unspecified atom stereocenters. The van der Waals surface area contributed by atoms with Crippen molar-refractivity contribution in [2.24, 2.45) is 0 Å². The number of benzene rings is 1. The zero-order valence-corrected chi connectivity index (χ0v) is 12.9. The normalized spacial score (nSPS) is 16.6. The molecule has 1 aromatic carbocycles. The predicted molar refractivity (Wildman–Crippen MR) is 79.1 cm³/mol. The average Bonchev–Trinajstić information content (AvgIpc) is 2.35. The van der Waals surface area contributed by atoms with E-state index in [-0.39, 0.29) is 11.6 Å². The first-order valence-corrected chi connectivity index (χ1v) is 7.32. The summed E-state index contributed by atoms with van der Waals surface area (Å²) in [5.41, 5.74) is 2.02. The number of methoxy groups -OCH3 is 1. The van der Waals surface area contributed by atoms with Crippen LogP contribution in [-0.2, 0) is 9.53 Å². The van der Waals surface area contributed by atoms with E-state index >= 15 is 0 Å². The van der Waals surface area contributed by atoms with Crippen molar-refractivity contribution in [2.45, 2.75) is 58.0 Å². The molecule has 0 aliphatic heterocycles. The third-order valence-electron chi connectivity index (χ3n) is 4.08. The monoisotopic (exact) mass is 276 g/mol. The minimum Gasteiger partial charge on any atom is -0.486 e. The predicted octanol–water partition coefficient (Wildman–Crippen LogP) is 3.98. The summed E-state index contributed by atoms with van der Waals surface area (Å²) in [5, 5.41) is 0. The molecule has 0 aromatic heterocycles. The second-order valence-electron chi connectivity index (χ2n) is 6.09. The van der Waals surface area contributed by atoms with Gasteiger partial charge in [0.15, 0.2) is 0 Å². The molecule has 0 N–H and O–H groups in total. The number of carbonyl (C=O) groups excluding carboxylic acids is 1. The lowest BCUT2D eigenvalue weighted by Gasteiger charge is -2.41. The molecule has 1 aromatic rings. The maximum atomic E-state index is 11.6. The Kier molecular flexibility index (Phi) is 4.36. The van der Waals surface area contributed by atoms with Crippen molar-refractivity contribution in [1.82, 2.24) is 0 Å². The summed E-state index contributed by atoms with van der Waals surface area (Å²) in [5.74, 6) is 1.13. The van der Waals surface area contributed by atoms with Crippen molar-refractivity contribution in [3.8, 4) is 5.75 Å². The van der Waals surface area contributed by atoms with Gasteiger partial charge in [0.2, 0.25) is 0 Å². The molecular weight excluding hydrogens is 252 g/mol. The van der Waals surface area contributed by atoms with Crippen LogP contribution in [0.15, 0.2) is 18.2 Å². The Morgan fingerprint density at radius 2 is 2.05 bits per heavy atom. The largest absolute Gasteiger partial charge is 0.486 e. The molecule has 0 amide bonds. The summed E-state index contributed by atoms with van der Waals surface area (Å²) >= 11 is 0. The summed E-state index contributed by atoms with van der Waals surface area (Å²) in [7, 11) is 1.43. The van der Waals surface area contributed by atoms with Crippen molar-refractivity contribution in [1.29, 1.82) is 0 Å². The third kappa shape index (κ3) is 3.14. The van der Waals surface area contributed by atoms with Gasteiger partial charge in [-0.05, 0) is 49.3 Å². The number of ether oxygens (including phenoxy) is 2. The van der Waals surface area contributed by atoms with Crippen LogP contribution in [0.2, 0.25) is 0 Å². The Hall–Kier alpha value is -1.51. The Morgan fingerprint density at radius 3 is 2.55 bits per heavy atom. The Labute approximate surface area is 121 Å². The van der Waals surface area contributed by atoms with Crippen molar-refractivity contribution in [3.63, 3.8) is 0 Å². The summed E-state index contributed by atoms with van der Waals surface area (Å²) in [6, 6.07) is 6.31. The Morgan fingerprint density at radius 1 is 1.35 bits per heavy atom. The van der Waals surface area contributed by atoms with Crippen LogP contribution in [0.3, 0.4) is 0 Å². The summed E-state index contributed by atoms with van der Waals surface area (Å²) in [4.78, 5) is 11.6. The highest BCUT2D eigenvalue weighted by atomic mass is 16.5. The topological polar surface area (TPSA) is 35.5 Å². The zero-order chi connectivity index (χ0) is 14.8. The van der Waals surface area contributed by atoms with E-state index in [1.165, 1.54) is 18.2 Å². The lowest BCUT2D eigenvalue weighted by molar-refractivity contribution is -0.148. The molecule has 110 valence electrons. The van der Waals surface area contributed by atoms with Gasteiger partial charge in [-0.2, -0.15) is 0 Å². The summed E-state index contributed by atoms with van der Waals surface area (Å²) in [6.45, 7) is 6.38. The molecule has 1 aliphatic carbocycles. The standard InChI is InChI=1S/C17H24O3/c1-12(2)14-7-6-13(3)10-15(14)20-17(8-5-9-17)11-16(18)19-4/h6-7,10,12H,5,8-9,11H2,1-4H3. The van der Waals surface area contributed by atoms with Crippen molar-refractivity contribution >= 4 is 5.97 Å². The van der Waals surface area contributed by atoms with Gasteiger partial charge in [-0.3, -0.25) is 4.79 Å². The lowest BCUT2D eigenvalue weighted by atomic mass is 9.77. The molecular formula is C17H24O3. The molecule has 1 saturated carbocycles. The van der Waals surface area contributed by atoms with Gasteiger partial charge in [0, 0.05) is 0 Å². The maximum absolute atomic E-state index is 11.6. The number of carbonyl (C=O) groups is 1. The molecule has 3 nitrogen and oxygen atoms in total. The van der Waals surface area contributed by atoms with Gasteiger partial charge in [-0.25, -0.2) is 0 Å². The molecule has 1 fully saturated rings. The fourth-order valence-electron chi connectivity index (χ4n) is 2.66. The number of rotatable bonds is 5. The van der Waals surface area contributed by atoms with Gasteiger partial charge < -0.3 is 9.47 Å². The highest BCUT2D eigenvalue weighted by Crippen LogP contribution is 2.41. The van der Waals surface area contributed by atoms with Crippen LogP contribution >= 0.6 is 0 Å². The first kappa shape index (κ1) is 14.9. The zero-order valence-electron chi connectivity index (χ0n) is 12.9. The van der Waals surface area contributed by atoms with E-state index in [2.05, 4.69) is 39.0 Å². The molecule has 0 spiro atoms. The summed E-state index contributed by atoms with van der Waals surface area (Å²) in [6.07, 6.45) is 3.30. The van der Waals surface area contributed by atoms with Crippen LogP contribution in [-0.4, -0.2) is 18.7 Å². The van der Waals surface area contributed by atoms with Crippen LogP contribution < -0.4 is 4.74 Å². The number of hydrogen-bond donors (Lipinski definition) is 0. The van der Waals surface area contributed by atoms with Gasteiger partial charge in [-0.15, -0.1) is 0 Å². The van der Waals surface area contributed by atoms with Gasteiger partial charge in [0.25, 0.3) is 0 Å². The third-order valence-corrected chi connectivity index (χ3v) is 4.08. The molecule has 0 atom stereocenters. The second kappa shape index (κ2) is 5.86. The van der Waals surface area contributed by atoms with E-state index in [9.17, 15) is 4.79 Å². The van der Waals surface area contributed by atoms with Crippen LogP contribution in [0, 0.1) is 6.92 Å². The molecule has 2 rings (SSSR count). The van der Waals surface area contributed by atoms with Gasteiger partial charge in [0.05, 0.1) is 13.5 Å². The smallest absolute Gasteiger partial charge is 0.309 e. The molecule has 0 heterocycles. The van der Waals surface area contributed by atoms with Crippen LogP contribution in [0.25, 0.3) is 0 Å². The molecule has 0 bridgehead atoms. The van der Waals surface area contributed by atoms with E-state index < -0.39 is 0 Å². The first-order valence-electron chi connectivity index (χ1n) is 7.32. The van der Waals surface area contributed by atoms with Gasteiger partial charge >= 0.3 is 5.97 Å². The van der Waals surface area contributed by atoms with Gasteiger partial charge in [0.1, 0.15) is 11.4 Å². The molecule has 1 aliphatic rings. The highest BCUT2D eigenvalue weighted by Gasteiger charge is 2.42. The number of esters is 1. The van der Waals surface area contributed by atoms with Crippen LogP contribution in [0.1, 0.15) is 56.6 Å². The van der Waals surface area contributed by atoms with Gasteiger partial charge in [-0.1, -0.05) is 26.0 Å². The quantitative estimate of drug-likeness (QED) is 0.763. The van der Waals surface area contributed by atoms with E-state index in [4.69, 9.17) is 9.47 Å². The average molecular weight is 276 g/mol. The molecule has 20 heavy (non-hydrogen) atoms. The Bertz CT molecular complexity index is 487. The lowest BCUT2D eigenvalue weighted by Crippen LogP contribution is -2.45. The van der Waals surface area contributed by atoms with Crippen molar-refractivity contribution in [2.75, 3.05) is 7.11 Å². The van der Waals surface area contributed by atoms with Crippen LogP contribution in [0.5, 0.6) is 5.75 Å². The summed E-state index contributed by atoms with van der Waals surface area (Å²) < 4.78 is 11.1. The van der Waals surface area contributed by atoms with Crippen LogP contribution in [0.4, 0.5) is 0 Å². The minimum atomic E-state index is -0.357. The van der Waals surface area contributed by atoms with E-state index in [1.54, 1.807) is 0 Å². The fraction of sp³-hybridized carbons (Fsp3) is 0.588. The number of aryl methyl sites for hydroxylation is 1. The molecule has 0 saturated heterocycles. The van der Waals surface area contributed by atoms with E-state index in [0.29, 0.717) is 12.3 Å². The minimum absolute atomic E-state index is 0.191. The van der Waals surface area contributed by atoms with Crippen molar-refractivity contribution < 1.29 is 14.3 Å². The maximum Gasteiger partial charge on any atom is 0.309 e. The fourth-order valence-corrected chi connectivity index (χ4v) is 2.66. The Balaban J connectivity index is 2.23. The first-order chi connectivity index (χ1) is 9.46. The highest BCUT2D eigenvalue weighted by molar-refractivity contribution is 5.70. The SMILES string of the molecule is COC(=O)CC1(Oc2cc(C)ccc2C(C)C)CCC1.